The first-order valence-corrected chi connectivity index (χ1v) is 8.56. The SMILES string of the molecule is C[C@H]1C[C@H](C)CN(S(=O)(=O)c2ccc(Cl)c(C(=O)O)c2)C1. The van der Waals surface area contributed by atoms with Gasteiger partial charge in [-0.25, -0.2) is 13.2 Å². The second kappa shape index (κ2) is 5.94. The molecule has 0 saturated carbocycles. The fourth-order valence-corrected chi connectivity index (χ4v) is 4.68. The molecule has 0 spiro atoms. The summed E-state index contributed by atoms with van der Waals surface area (Å²) in [5.41, 5.74) is -0.198. The van der Waals surface area contributed by atoms with Crippen molar-refractivity contribution in [1.29, 1.82) is 0 Å². The standard InChI is InChI=1S/C14H18ClNO4S/c1-9-5-10(2)8-16(7-9)21(19,20)11-3-4-13(15)12(6-11)14(17)18/h3-4,6,9-10H,5,7-8H2,1-2H3,(H,17,18)/t9-,10-/m0/s1. The van der Waals surface area contributed by atoms with Crippen LogP contribution in [0.3, 0.4) is 0 Å². The van der Waals surface area contributed by atoms with Crippen LogP contribution >= 0.6 is 11.6 Å². The van der Waals surface area contributed by atoms with Crippen molar-refractivity contribution < 1.29 is 18.3 Å². The van der Waals surface area contributed by atoms with Crippen LogP contribution in [-0.4, -0.2) is 36.9 Å². The van der Waals surface area contributed by atoms with Gasteiger partial charge < -0.3 is 5.11 Å². The molecule has 0 aliphatic carbocycles. The van der Waals surface area contributed by atoms with Gasteiger partial charge in [0.1, 0.15) is 0 Å². The van der Waals surface area contributed by atoms with Gasteiger partial charge in [0, 0.05) is 13.1 Å². The molecular weight excluding hydrogens is 314 g/mol. The van der Waals surface area contributed by atoms with E-state index in [1.54, 1.807) is 0 Å². The number of carboxylic acid groups (broad SMARTS) is 1. The number of carbonyl (C=O) groups is 1. The molecule has 5 nitrogen and oxygen atoms in total. The predicted molar refractivity (Wildman–Crippen MR) is 80.1 cm³/mol. The molecule has 2 atom stereocenters. The first-order chi connectivity index (χ1) is 9.71. The first kappa shape index (κ1) is 16.3. The number of hydrogen-bond donors (Lipinski definition) is 1. The summed E-state index contributed by atoms with van der Waals surface area (Å²) in [7, 11) is -3.69. The second-order valence-corrected chi connectivity index (χ2v) is 8.06. The molecule has 2 rings (SSSR count). The number of aromatic carboxylic acids is 1. The fourth-order valence-electron chi connectivity index (χ4n) is 2.78. The maximum Gasteiger partial charge on any atom is 0.337 e. The Kier molecular flexibility index (Phi) is 4.60. The van der Waals surface area contributed by atoms with Crippen LogP contribution in [0.4, 0.5) is 0 Å². The molecule has 116 valence electrons. The van der Waals surface area contributed by atoms with Crippen molar-refractivity contribution in [3.05, 3.63) is 28.8 Å². The average Bonchev–Trinajstić information content (AvgIpc) is 2.37. The average molecular weight is 332 g/mol. The lowest BCUT2D eigenvalue weighted by Gasteiger charge is -2.34. The first-order valence-electron chi connectivity index (χ1n) is 6.74. The summed E-state index contributed by atoms with van der Waals surface area (Å²) in [6.45, 7) is 4.95. The summed E-state index contributed by atoms with van der Waals surface area (Å²) in [5, 5.41) is 9.09. The summed E-state index contributed by atoms with van der Waals surface area (Å²) in [6.07, 6.45) is 0.993. The molecule has 21 heavy (non-hydrogen) atoms. The van der Waals surface area contributed by atoms with Crippen molar-refractivity contribution in [2.75, 3.05) is 13.1 Å². The molecule has 0 unspecified atom stereocenters. The van der Waals surface area contributed by atoms with E-state index in [4.69, 9.17) is 16.7 Å². The van der Waals surface area contributed by atoms with Gasteiger partial charge in [-0.1, -0.05) is 25.4 Å². The van der Waals surface area contributed by atoms with Crippen molar-refractivity contribution in [1.82, 2.24) is 4.31 Å². The van der Waals surface area contributed by atoms with Crippen LogP contribution in [0.5, 0.6) is 0 Å². The molecule has 0 aromatic heterocycles. The van der Waals surface area contributed by atoms with Crippen molar-refractivity contribution in [2.24, 2.45) is 11.8 Å². The minimum absolute atomic E-state index is 0.0226. The summed E-state index contributed by atoms with van der Waals surface area (Å²) in [4.78, 5) is 11.1. The van der Waals surface area contributed by atoms with Crippen LogP contribution in [0.25, 0.3) is 0 Å². The summed E-state index contributed by atoms with van der Waals surface area (Å²) in [6, 6.07) is 3.80. The molecule has 1 aromatic rings. The number of hydrogen-bond acceptors (Lipinski definition) is 3. The molecule has 1 aliphatic heterocycles. The Morgan fingerprint density at radius 2 is 1.86 bits per heavy atom. The monoisotopic (exact) mass is 331 g/mol. The van der Waals surface area contributed by atoms with Gasteiger partial charge in [-0.15, -0.1) is 0 Å². The minimum atomic E-state index is -3.69. The predicted octanol–water partition coefficient (Wildman–Crippen LogP) is 2.70. The largest absolute Gasteiger partial charge is 0.478 e. The number of sulfonamides is 1. The molecule has 1 fully saturated rings. The van der Waals surface area contributed by atoms with Gasteiger partial charge in [0.25, 0.3) is 0 Å². The van der Waals surface area contributed by atoms with E-state index in [-0.39, 0.29) is 27.3 Å². The number of halogens is 1. The molecule has 7 heteroatoms. The molecule has 1 aliphatic rings. The van der Waals surface area contributed by atoms with E-state index in [1.165, 1.54) is 16.4 Å². The zero-order valence-corrected chi connectivity index (χ0v) is 13.5. The number of carboxylic acids is 1. The van der Waals surface area contributed by atoms with E-state index < -0.39 is 16.0 Å². The lowest BCUT2D eigenvalue weighted by molar-refractivity contribution is 0.0697. The van der Waals surface area contributed by atoms with Crippen molar-refractivity contribution in [3.8, 4) is 0 Å². The van der Waals surface area contributed by atoms with Crippen LogP contribution in [0.1, 0.15) is 30.6 Å². The van der Waals surface area contributed by atoms with Crippen LogP contribution in [-0.2, 0) is 10.0 Å². The highest BCUT2D eigenvalue weighted by Crippen LogP contribution is 2.28. The molecule has 0 bridgehead atoms. The third-order valence-corrected chi connectivity index (χ3v) is 5.80. The number of nitrogens with zero attached hydrogens (tertiary/aromatic N) is 1. The van der Waals surface area contributed by atoms with Crippen LogP contribution in [0.2, 0.25) is 5.02 Å². The van der Waals surface area contributed by atoms with Crippen molar-refractivity contribution in [3.63, 3.8) is 0 Å². The smallest absolute Gasteiger partial charge is 0.337 e. The van der Waals surface area contributed by atoms with Gasteiger partial charge in [0.15, 0.2) is 0 Å². The highest BCUT2D eigenvalue weighted by atomic mass is 35.5. The van der Waals surface area contributed by atoms with Gasteiger partial charge in [-0.2, -0.15) is 4.31 Å². The number of piperidine rings is 1. The van der Waals surface area contributed by atoms with Crippen LogP contribution in [0, 0.1) is 11.8 Å². The maximum atomic E-state index is 12.7. The second-order valence-electron chi connectivity index (χ2n) is 5.71. The Morgan fingerprint density at radius 3 is 2.38 bits per heavy atom. The molecular formula is C14H18ClNO4S. The number of benzene rings is 1. The molecule has 0 radical (unpaired) electrons. The lowest BCUT2D eigenvalue weighted by Crippen LogP contribution is -2.42. The Morgan fingerprint density at radius 1 is 1.29 bits per heavy atom. The van der Waals surface area contributed by atoms with Crippen LogP contribution < -0.4 is 0 Å². The molecule has 1 aromatic carbocycles. The fraction of sp³-hybridized carbons (Fsp3) is 0.500. The zero-order valence-electron chi connectivity index (χ0n) is 11.9. The quantitative estimate of drug-likeness (QED) is 0.924. The van der Waals surface area contributed by atoms with Gasteiger partial charge in [0.2, 0.25) is 10.0 Å². The third-order valence-electron chi connectivity index (χ3n) is 3.64. The maximum absolute atomic E-state index is 12.7. The van der Waals surface area contributed by atoms with Crippen LogP contribution in [0.15, 0.2) is 23.1 Å². The zero-order chi connectivity index (χ0) is 15.8. The highest BCUT2D eigenvalue weighted by molar-refractivity contribution is 7.89. The molecule has 1 heterocycles. The van der Waals surface area contributed by atoms with Crippen molar-refractivity contribution >= 4 is 27.6 Å². The molecule has 0 amide bonds. The van der Waals surface area contributed by atoms with Gasteiger partial charge in [-0.05, 0) is 36.5 Å². The lowest BCUT2D eigenvalue weighted by atomic mass is 9.94. The Labute approximate surface area is 129 Å². The van der Waals surface area contributed by atoms with E-state index in [9.17, 15) is 13.2 Å². The Bertz CT molecular complexity index is 649. The summed E-state index contributed by atoms with van der Waals surface area (Å²) < 4.78 is 26.7. The topological polar surface area (TPSA) is 74.7 Å². The number of rotatable bonds is 3. The Balaban J connectivity index is 2.40. The normalized spacial score (nSPS) is 24.0. The summed E-state index contributed by atoms with van der Waals surface area (Å²) in [5.74, 6) is -0.665. The van der Waals surface area contributed by atoms with Gasteiger partial charge >= 0.3 is 5.97 Å². The van der Waals surface area contributed by atoms with E-state index in [2.05, 4.69) is 0 Å². The Hall–Kier alpha value is -1.11. The third kappa shape index (κ3) is 3.39. The van der Waals surface area contributed by atoms with Gasteiger partial charge in [0.05, 0.1) is 15.5 Å². The van der Waals surface area contributed by atoms with E-state index in [0.717, 1.165) is 12.5 Å². The molecule has 1 saturated heterocycles. The highest BCUT2D eigenvalue weighted by Gasteiger charge is 2.32. The summed E-state index contributed by atoms with van der Waals surface area (Å²) >= 11 is 5.78. The van der Waals surface area contributed by atoms with Gasteiger partial charge in [-0.3, -0.25) is 0 Å². The van der Waals surface area contributed by atoms with Crippen molar-refractivity contribution in [2.45, 2.75) is 25.2 Å². The molecule has 1 N–H and O–H groups in total. The van der Waals surface area contributed by atoms with E-state index in [0.29, 0.717) is 13.1 Å². The van der Waals surface area contributed by atoms with E-state index >= 15 is 0 Å². The minimum Gasteiger partial charge on any atom is -0.478 e. The van der Waals surface area contributed by atoms with E-state index in [1.807, 2.05) is 13.8 Å².